The average Bonchev–Trinajstić information content (AvgIpc) is 2.91. The van der Waals surface area contributed by atoms with Crippen molar-refractivity contribution in [1.82, 2.24) is 4.90 Å². The normalized spacial score (nSPS) is 19.8. The van der Waals surface area contributed by atoms with Crippen LogP contribution in [0.4, 0.5) is 30.7 Å². The molecular weight excluding hydrogens is 339 g/mol. The molecule has 1 saturated heterocycles. The summed E-state index contributed by atoms with van der Waals surface area (Å²) < 4.78 is 93.6. The fourth-order valence-electron chi connectivity index (χ4n) is 2.05. The van der Waals surface area contributed by atoms with Crippen molar-refractivity contribution in [3.8, 4) is 0 Å². The van der Waals surface area contributed by atoms with Crippen molar-refractivity contribution in [2.24, 2.45) is 0 Å². The number of hydrogen-bond donors (Lipinski definition) is 0. The van der Waals surface area contributed by atoms with Crippen molar-refractivity contribution in [2.75, 3.05) is 13.2 Å². The van der Waals surface area contributed by atoms with Crippen LogP contribution in [0.3, 0.4) is 0 Å². The molecule has 11 heteroatoms. The SMILES string of the molecule is CCCOC(=O)[C@@H]1CCCN1C(=O)C(F)(F)C(F)(F)C(F)(F)F. The largest absolute Gasteiger partial charge is 0.464 e. The summed E-state index contributed by atoms with van der Waals surface area (Å²) in [6, 6.07) is -1.59. The van der Waals surface area contributed by atoms with Gasteiger partial charge in [-0.2, -0.15) is 30.7 Å². The number of ether oxygens (including phenoxy) is 1. The highest BCUT2D eigenvalue weighted by atomic mass is 19.4. The van der Waals surface area contributed by atoms with Gasteiger partial charge in [0.2, 0.25) is 0 Å². The maximum Gasteiger partial charge on any atom is 0.460 e. The van der Waals surface area contributed by atoms with Crippen molar-refractivity contribution in [3.63, 3.8) is 0 Å². The third-order valence-corrected chi connectivity index (χ3v) is 3.25. The lowest BCUT2D eigenvalue weighted by molar-refractivity contribution is -0.346. The Morgan fingerprint density at radius 3 is 2.17 bits per heavy atom. The summed E-state index contributed by atoms with van der Waals surface area (Å²) in [4.78, 5) is 23.2. The van der Waals surface area contributed by atoms with Gasteiger partial charge in [0.1, 0.15) is 6.04 Å². The second kappa shape index (κ2) is 6.52. The molecule has 4 nitrogen and oxygen atoms in total. The van der Waals surface area contributed by atoms with Crippen LogP contribution in [0.2, 0.25) is 0 Å². The van der Waals surface area contributed by atoms with Gasteiger partial charge in [-0.05, 0) is 19.3 Å². The fourth-order valence-corrected chi connectivity index (χ4v) is 2.05. The van der Waals surface area contributed by atoms with Crippen LogP contribution < -0.4 is 0 Å². The highest BCUT2D eigenvalue weighted by molar-refractivity contribution is 5.90. The minimum absolute atomic E-state index is 0.00526. The third-order valence-electron chi connectivity index (χ3n) is 3.25. The van der Waals surface area contributed by atoms with Crippen LogP contribution in [0.5, 0.6) is 0 Å². The molecule has 1 aliphatic heterocycles. The number of halogens is 7. The molecule has 0 unspecified atom stereocenters. The van der Waals surface area contributed by atoms with Gasteiger partial charge in [-0.25, -0.2) is 4.79 Å². The summed E-state index contributed by atoms with van der Waals surface area (Å²) in [6.07, 6.45) is -6.37. The molecule has 0 bridgehead atoms. The molecule has 0 saturated carbocycles. The molecule has 1 rings (SSSR count). The van der Waals surface area contributed by atoms with E-state index in [0.717, 1.165) is 0 Å². The van der Waals surface area contributed by atoms with Crippen LogP contribution >= 0.6 is 0 Å². The first-order valence-electron chi connectivity index (χ1n) is 6.68. The smallest absolute Gasteiger partial charge is 0.460 e. The predicted molar refractivity (Wildman–Crippen MR) is 61.9 cm³/mol. The zero-order chi connectivity index (χ0) is 18.1. The van der Waals surface area contributed by atoms with Gasteiger partial charge in [0.15, 0.2) is 0 Å². The molecule has 1 atom stereocenters. The summed E-state index contributed by atoms with van der Waals surface area (Å²) in [7, 11) is 0. The van der Waals surface area contributed by atoms with E-state index in [1.165, 1.54) is 0 Å². The van der Waals surface area contributed by atoms with Crippen LogP contribution in [-0.2, 0) is 14.3 Å². The van der Waals surface area contributed by atoms with Crippen molar-refractivity contribution < 1.29 is 45.1 Å². The van der Waals surface area contributed by atoms with E-state index in [1.807, 2.05) is 0 Å². The number of rotatable bonds is 5. The van der Waals surface area contributed by atoms with E-state index in [0.29, 0.717) is 6.42 Å². The van der Waals surface area contributed by atoms with Gasteiger partial charge in [-0.3, -0.25) is 4.79 Å². The molecule has 0 aromatic carbocycles. The molecule has 0 spiro atoms. The number of alkyl halides is 7. The molecule has 0 aromatic rings. The van der Waals surface area contributed by atoms with Gasteiger partial charge in [-0.1, -0.05) is 6.92 Å². The van der Waals surface area contributed by atoms with E-state index in [9.17, 15) is 40.3 Å². The van der Waals surface area contributed by atoms with Gasteiger partial charge in [0.05, 0.1) is 6.61 Å². The lowest BCUT2D eigenvalue weighted by Crippen LogP contribution is -2.61. The van der Waals surface area contributed by atoms with Crippen molar-refractivity contribution in [3.05, 3.63) is 0 Å². The predicted octanol–water partition coefficient (Wildman–Crippen LogP) is 2.76. The Morgan fingerprint density at radius 1 is 1.13 bits per heavy atom. The number of hydrogen-bond acceptors (Lipinski definition) is 3. The van der Waals surface area contributed by atoms with E-state index in [2.05, 4.69) is 4.74 Å². The van der Waals surface area contributed by atoms with E-state index in [1.54, 1.807) is 6.92 Å². The Bertz CT molecular complexity index is 464. The monoisotopic (exact) mass is 353 g/mol. The van der Waals surface area contributed by atoms with Gasteiger partial charge in [0.25, 0.3) is 0 Å². The topological polar surface area (TPSA) is 46.6 Å². The van der Waals surface area contributed by atoms with Crippen LogP contribution in [0, 0.1) is 0 Å². The third kappa shape index (κ3) is 3.52. The van der Waals surface area contributed by atoms with Crippen molar-refractivity contribution >= 4 is 11.9 Å². The van der Waals surface area contributed by atoms with Crippen LogP contribution in [0.25, 0.3) is 0 Å². The first kappa shape index (κ1) is 19.5. The summed E-state index contributed by atoms with van der Waals surface area (Å²) in [5, 5.41) is 0. The zero-order valence-electron chi connectivity index (χ0n) is 11.9. The van der Waals surface area contributed by atoms with E-state index < -0.39 is 42.5 Å². The second-order valence-electron chi connectivity index (χ2n) is 4.97. The summed E-state index contributed by atoms with van der Waals surface area (Å²) in [6.45, 7) is 1.00. The standard InChI is InChI=1S/C12H14F7NO3/c1-2-6-23-8(21)7-4-3-5-20(7)9(22)10(13,14)11(15,16)12(17,18)19/h7H,2-6H2,1H3/t7-/m0/s1. The molecular formula is C12H14F7NO3. The van der Waals surface area contributed by atoms with Crippen LogP contribution in [-0.4, -0.2) is 54.0 Å². The number of nitrogens with zero attached hydrogens (tertiary/aromatic N) is 1. The maximum absolute atomic E-state index is 13.4. The molecule has 0 aromatic heterocycles. The summed E-state index contributed by atoms with van der Waals surface area (Å²) in [5.74, 6) is -16.4. The molecule has 0 radical (unpaired) electrons. The average molecular weight is 353 g/mol. The molecule has 0 N–H and O–H groups in total. The molecule has 1 aliphatic rings. The number of likely N-dealkylation sites (tertiary alicyclic amines) is 1. The van der Waals surface area contributed by atoms with Gasteiger partial charge >= 0.3 is 29.9 Å². The molecule has 0 aliphatic carbocycles. The first-order chi connectivity index (χ1) is 10.4. The first-order valence-corrected chi connectivity index (χ1v) is 6.68. The molecule has 1 amide bonds. The Morgan fingerprint density at radius 2 is 1.70 bits per heavy atom. The Balaban J connectivity index is 3.00. The summed E-state index contributed by atoms with van der Waals surface area (Å²) >= 11 is 0. The molecule has 134 valence electrons. The number of carbonyl (C=O) groups is 2. The minimum atomic E-state index is -6.61. The van der Waals surface area contributed by atoms with E-state index in [4.69, 9.17) is 0 Å². The Hall–Kier alpha value is -1.55. The molecule has 23 heavy (non-hydrogen) atoms. The summed E-state index contributed by atoms with van der Waals surface area (Å²) in [5.41, 5.74) is 0. The number of carbonyl (C=O) groups excluding carboxylic acids is 2. The van der Waals surface area contributed by atoms with Crippen molar-refractivity contribution in [1.29, 1.82) is 0 Å². The number of esters is 1. The van der Waals surface area contributed by atoms with E-state index in [-0.39, 0.29) is 24.3 Å². The maximum atomic E-state index is 13.4. The highest BCUT2D eigenvalue weighted by Gasteiger charge is 2.77. The van der Waals surface area contributed by atoms with Crippen LogP contribution in [0.15, 0.2) is 0 Å². The number of amides is 1. The fraction of sp³-hybridized carbons (Fsp3) is 0.833. The minimum Gasteiger partial charge on any atom is -0.464 e. The van der Waals surface area contributed by atoms with Gasteiger partial charge < -0.3 is 9.64 Å². The van der Waals surface area contributed by atoms with Crippen LogP contribution in [0.1, 0.15) is 26.2 Å². The molecule has 1 fully saturated rings. The lowest BCUT2D eigenvalue weighted by atomic mass is 10.1. The lowest BCUT2D eigenvalue weighted by Gasteiger charge is -2.32. The van der Waals surface area contributed by atoms with E-state index >= 15 is 0 Å². The van der Waals surface area contributed by atoms with Gasteiger partial charge in [-0.15, -0.1) is 0 Å². The zero-order valence-corrected chi connectivity index (χ0v) is 11.9. The second-order valence-corrected chi connectivity index (χ2v) is 4.97. The Kier molecular flexibility index (Phi) is 5.53. The Labute approximate surface area is 126 Å². The van der Waals surface area contributed by atoms with Gasteiger partial charge in [0, 0.05) is 6.54 Å². The molecule has 1 heterocycles. The quantitative estimate of drug-likeness (QED) is 0.564. The highest BCUT2D eigenvalue weighted by Crippen LogP contribution is 2.47. The van der Waals surface area contributed by atoms with Crippen molar-refractivity contribution in [2.45, 2.75) is 50.2 Å².